The van der Waals surface area contributed by atoms with Gasteiger partial charge in [-0.15, -0.1) is 0 Å². The molecule has 1 aliphatic heterocycles. The summed E-state index contributed by atoms with van der Waals surface area (Å²) in [5.74, 6) is 0. The van der Waals surface area contributed by atoms with Crippen LogP contribution in [0.25, 0.3) is 11.1 Å². The second-order valence-electron chi connectivity index (χ2n) is 5.71. The standard InChI is InChI=1S/C18H21NO/c1-13(2)19-10-14-3-5-15(6-4-14)16-7-8-17-11-20-12-18(17)9-16/h3-9,13,19H,10-12H2,1-2H3. The highest BCUT2D eigenvalue weighted by atomic mass is 16.5. The summed E-state index contributed by atoms with van der Waals surface area (Å²) < 4.78 is 5.47. The maximum absolute atomic E-state index is 5.47. The van der Waals surface area contributed by atoms with Gasteiger partial charge < -0.3 is 10.1 Å². The van der Waals surface area contributed by atoms with Crippen molar-refractivity contribution in [2.75, 3.05) is 0 Å². The average Bonchev–Trinajstić information content (AvgIpc) is 2.93. The second-order valence-corrected chi connectivity index (χ2v) is 5.71. The molecule has 0 atom stereocenters. The third-order valence-corrected chi connectivity index (χ3v) is 3.72. The van der Waals surface area contributed by atoms with Crippen LogP contribution >= 0.6 is 0 Å². The van der Waals surface area contributed by atoms with E-state index < -0.39 is 0 Å². The third-order valence-electron chi connectivity index (χ3n) is 3.72. The second kappa shape index (κ2) is 5.78. The number of hydrogen-bond acceptors (Lipinski definition) is 2. The quantitative estimate of drug-likeness (QED) is 0.907. The first-order valence-corrected chi connectivity index (χ1v) is 7.24. The van der Waals surface area contributed by atoms with Crippen molar-refractivity contribution in [3.8, 4) is 11.1 Å². The molecule has 2 nitrogen and oxygen atoms in total. The lowest BCUT2D eigenvalue weighted by Gasteiger charge is -2.09. The van der Waals surface area contributed by atoms with Gasteiger partial charge in [0.15, 0.2) is 0 Å². The molecule has 3 rings (SSSR count). The monoisotopic (exact) mass is 267 g/mol. The minimum Gasteiger partial charge on any atom is -0.372 e. The number of fused-ring (bicyclic) bond motifs is 1. The van der Waals surface area contributed by atoms with Gasteiger partial charge in [0.2, 0.25) is 0 Å². The van der Waals surface area contributed by atoms with Gasteiger partial charge in [-0.3, -0.25) is 0 Å². The topological polar surface area (TPSA) is 21.3 Å². The number of rotatable bonds is 4. The maximum atomic E-state index is 5.47. The van der Waals surface area contributed by atoms with Crippen molar-refractivity contribution >= 4 is 0 Å². The molecule has 1 N–H and O–H groups in total. The van der Waals surface area contributed by atoms with Gasteiger partial charge in [-0.2, -0.15) is 0 Å². The molecule has 0 spiro atoms. The van der Waals surface area contributed by atoms with E-state index in [1.165, 1.54) is 27.8 Å². The average molecular weight is 267 g/mol. The molecule has 0 aliphatic carbocycles. The number of benzene rings is 2. The van der Waals surface area contributed by atoms with Gasteiger partial charge in [0.25, 0.3) is 0 Å². The number of ether oxygens (including phenoxy) is 1. The SMILES string of the molecule is CC(C)NCc1ccc(-c2ccc3c(c2)COC3)cc1. The van der Waals surface area contributed by atoms with Crippen LogP contribution in [0, 0.1) is 0 Å². The normalized spacial score (nSPS) is 13.8. The lowest BCUT2D eigenvalue weighted by atomic mass is 9.99. The summed E-state index contributed by atoms with van der Waals surface area (Å²) in [7, 11) is 0. The smallest absolute Gasteiger partial charge is 0.0725 e. The van der Waals surface area contributed by atoms with Crippen molar-refractivity contribution in [2.45, 2.75) is 39.6 Å². The zero-order chi connectivity index (χ0) is 13.9. The third kappa shape index (κ3) is 2.92. The number of nitrogens with one attached hydrogen (secondary N) is 1. The first-order chi connectivity index (χ1) is 9.72. The molecular formula is C18H21NO. The molecule has 2 heteroatoms. The minimum atomic E-state index is 0.520. The van der Waals surface area contributed by atoms with Gasteiger partial charge >= 0.3 is 0 Å². The van der Waals surface area contributed by atoms with Gasteiger partial charge in [0, 0.05) is 12.6 Å². The van der Waals surface area contributed by atoms with Crippen molar-refractivity contribution in [1.82, 2.24) is 5.32 Å². The highest BCUT2D eigenvalue weighted by molar-refractivity contribution is 5.65. The van der Waals surface area contributed by atoms with Gasteiger partial charge in [-0.05, 0) is 33.9 Å². The summed E-state index contributed by atoms with van der Waals surface area (Å²) in [6.45, 7) is 6.77. The predicted molar refractivity (Wildman–Crippen MR) is 82.3 cm³/mol. The fourth-order valence-corrected chi connectivity index (χ4v) is 2.49. The van der Waals surface area contributed by atoms with Crippen molar-refractivity contribution in [1.29, 1.82) is 0 Å². The van der Waals surface area contributed by atoms with E-state index in [-0.39, 0.29) is 0 Å². The van der Waals surface area contributed by atoms with Crippen molar-refractivity contribution in [2.24, 2.45) is 0 Å². The van der Waals surface area contributed by atoms with Crippen molar-refractivity contribution in [3.05, 3.63) is 59.2 Å². The Kier molecular flexibility index (Phi) is 3.86. The van der Waals surface area contributed by atoms with E-state index in [4.69, 9.17) is 4.74 Å². The van der Waals surface area contributed by atoms with Crippen molar-refractivity contribution in [3.63, 3.8) is 0 Å². The van der Waals surface area contributed by atoms with Crippen LogP contribution in [0.3, 0.4) is 0 Å². The van der Waals surface area contributed by atoms with E-state index >= 15 is 0 Å². The summed E-state index contributed by atoms with van der Waals surface area (Å²) >= 11 is 0. The Morgan fingerprint density at radius 2 is 1.65 bits per heavy atom. The first-order valence-electron chi connectivity index (χ1n) is 7.24. The molecule has 0 aromatic heterocycles. The minimum absolute atomic E-state index is 0.520. The van der Waals surface area contributed by atoms with Gasteiger partial charge in [0.05, 0.1) is 13.2 Å². The Labute approximate surface area is 120 Å². The molecule has 0 saturated carbocycles. The molecular weight excluding hydrogens is 246 g/mol. The molecule has 0 radical (unpaired) electrons. The van der Waals surface area contributed by atoms with E-state index in [1.54, 1.807) is 0 Å². The van der Waals surface area contributed by atoms with E-state index in [9.17, 15) is 0 Å². The fraction of sp³-hybridized carbons (Fsp3) is 0.333. The molecule has 0 amide bonds. The molecule has 0 unspecified atom stereocenters. The summed E-state index contributed by atoms with van der Waals surface area (Å²) in [5.41, 5.74) is 6.53. The summed E-state index contributed by atoms with van der Waals surface area (Å²) in [4.78, 5) is 0. The zero-order valence-electron chi connectivity index (χ0n) is 12.1. The van der Waals surface area contributed by atoms with Crippen LogP contribution in [0.15, 0.2) is 42.5 Å². The van der Waals surface area contributed by atoms with E-state index in [2.05, 4.69) is 61.6 Å². The lowest BCUT2D eigenvalue weighted by Crippen LogP contribution is -2.21. The Morgan fingerprint density at radius 3 is 2.40 bits per heavy atom. The molecule has 2 aromatic carbocycles. The largest absolute Gasteiger partial charge is 0.372 e. The van der Waals surface area contributed by atoms with Crippen LogP contribution < -0.4 is 5.32 Å². The summed E-state index contributed by atoms with van der Waals surface area (Å²) in [5, 5.41) is 3.44. The zero-order valence-corrected chi connectivity index (χ0v) is 12.1. The first kappa shape index (κ1) is 13.3. The highest BCUT2D eigenvalue weighted by Gasteiger charge is 2.11. The van der Waals surface area contributed by atoms with Crippen LogP contribution in [0.2, 0.25) is 0 Å². The molecule has 104 valence electrons. The predicted octanol–water partition coefficient (Wildman–Crippen LogP) is 3.88. The fourth-order valence-electron chi connectivity index (χ4n) is 2.49. The Hall–Kier alpha value is -1.64. The molecule has 1 heterocycles. The number of hydrogen-bond donors (Lipinski definition) is 1. The van der Waals surface area contributed by atoms with Gasteiger partial charge in [-0.1, -0.05) is 50.2 Å². The van der Waals surface area contributed by atoms with Crippen molar-refractivity contribution < 1.29 is 4.74 Å². The molecule has 20 heavy (non-hydrogen) atoms. The summed E-state index contributed by atoms with van der Waals surface area (Å²) in [6.07, 6.45) is 0. The van der Waals surface area contributed by atoms with E-state index in [0.29, 0.717) is 6.04 Å². The molecule has 0 bridgehead atoms. The van der Waals surface area contributed by atoms with Crippen LogP contribution in [0.5, 0.6) is 0 Å². The van der Waals surface area contributed by atoms with Gasteiger partial charge in [-0.25, -0.2) is 0 Å². The molecule has 0 fully saturated rings. The maximum Gasteiger partial charge on any atom is 0.0725 e. The Balaban J connectivity index is 1.77. The van der Waals surface area contributed by atoms with Crippen LogP contribution in [-0.4, -0.2) is 6.04 Å². The lowest BCUT2D eigenvalue weighted by molar-refractivity contribution is 0.134. The molecule has 0 saturated heterocycles. The van der Waals surface area contributed by atoms with Crippen LogP contribution in [-0.2, 0) is 24.5 Å². The van der Waals surface area contributed by atoms with E-state index in [0.717, 1.165) is 19.8 Å². The highest BCUT2D eigenvalue weighted by Crippen LogP contribution is 2.27. The molecule has 2 aromatic rings. The molecule has 1 aliphatic rings. The van der Waals surface area contributed by atoms with E-state index in [1.807, 2.05) is 0 Å². The van der Waals surface area contributed by atoms with Gasteiger partial charge in [0.1, 0.15) is 0 Å². The van der Waals surface area contributed by atoms with Crippen LogP contribution in [0.4, 0.5) is 0 Å². The van der Waals surface area contributed by atoms with Crippen LogP contribution in [0.1, 0.15) is 30.5 Å². The Morgan fingerprint density at radius 1 is 0.950 bits per heavy atom. The Bertz CT molecular complexity index is 587. The summed E-state index contributed by atoms with van der Waals surface area (Å²) in [6, 6.07) is 16.0.